The summed E-state index contributed by atoms with van der Waals surface area (Å²) in [4.78, 5) is 2.09. The number of allylic oxidation sites excluding steroid dienone is 1. The van der Waals surface area contributed by atoms with Gasteiger partial charge in [0.2, 0.25) is 0 Å². The Bertz CT molecular complexity index is 318. The van der Waals surface area contributed by atoms with Crippen LogP contribution in [0.15, 0.2) is 36.9 Å². The second-order valence-electron chi connectivity index (χ2n) is 3.96. The van der Waals surface area contributed by atoms with Crippen molar-refractivity contribution in [3.05, 3.63) is 42.5 Å². The monoisotopic (exact) mass is 204 g/mol. The number of hydrogen-bond donors (Lipinski definition) is 1. The van der Waals surface area contributed by atoms with Gasteiger partial charge in [-0.3, -0.25) is 0 Å². The zero-order valence-electron chi connectivity index (χ0n) is 9.61. The van der Waals surface area contributed by atoms with Crippen LogP contribution in [0.1, 0.15) is 24.4 Å². The highest BCUT2D eigenvalue weighted by atomic mass is 15.1. The first-order valence-electron chi connectivity index (χ1n) is 5.29. The standard InChI is InChI=1S/C13H20N2/c1-4-5-9-13(14)11-7-6-8-12(10-11)15(2)3/h4,6-8,10,13H,1,5,9,14H2,2-3H3. The van der Waals surface area contributed by atoms with Gasteiger partial charge in [0.25, 0.3) is 0 Å². The maximum atomic E-state index is 6.08. The predicted molar refractivity (Wildman–Crippen MR) is 67.1 cm³/mol. The van der Waals surface area contributed by atoms with Crippen LogP contribution in [0.25, 0.3) is 0 Å². The summed E-state index contributed by atoms with van der Waals surface area (Å²) in [7, 11) is 4.07. The Morgan fingerprint density at radius 3 is 2.80 bits per heavy atom. The van der Waals surface area contributed by atoms with Crippen LogP contribution in [-0.4, -0.2) is 14.1 Å². The fraction of sp³-hybridized carbons (Fsp3) is 0.385. The molecule has 0 aliphatic rings. The van der Waals surface area contributed by atoms with Gasteiger partial charge in [-0.25, -0.2) is 0 Å². The molecule has 0 fully saturated rings. The largest absolute Gasteiger partial charge is 0.378 e. The van der Waals surface area contributed by atoms with Crippen molar-refractivity contribution in [3.8, 4) is 0 Å². The third kappa shape index (κ3) is 3.40. The van der Waals surface area contributed by atoms with E-state index in [-0.39, 0.29) is 6.04 Å². The first-order valence-corrected chi connectivity index (χ1v) is 5.29. The van der Waals surface area contributed by atoms with Crippen LogP contribution >= 0.6 is 0 Å². The van der Waals surface area contributed by atoms with Crippen LogP contribution in [-0.2, 0) is 0 Å². The first kappa shape index (κ1) is 11.8. The average Bonchev–Trinajstić information content (AvgIpc) is 2.26. The normalized spacial score (nSPS) is 12.2. The van der Waals surface area contributed by atoms with Gasteiger partial charge in [-0.1, -0.05) is 18.2 Å². The van der Waals surface area contributed by atoms with Crippen LogP contribution in [0.2, 0.25) is 0 Å². The highest BCUT2D eigenvalue weighted by Gasteiger charge is 2.05. The van der Waals surface area contributed by atoms with E-state index in [2.05, 4.69) is 35.7 Å². The zero-order valence-corrected chi connectivity index (χ0v) is 9.61. The average molecular weight is 204 g/mol. The first-order chi connectivity index (χ1) is 7.15. The highest BCUT2D eigenvalue weighted by molar-refractivity contribution is 5.47. The zero-order chi connectivity index (χ0) is 11.3. The molecule has 0 aromatic heterocycles. The maximum Gasteiger partial charge on any atom is 0.0364 e. The second-order valence-corrected chi connectivity index (χ2v) is 3.96. The van der Waals surface area contributed by atoms with Crippen LogP contribution in [0.4, 0.5) is 5.69 Å². The van der Waals surface area contributed by atoms with Gasteiger partial charge in [0.1, 0.15) is 0 Å². The fourth-order valence-corrected chi connectivity index (χ4v) is 1.50. The molecule has 2 N–H and O–H groups in total. The van der Waals surface area contributed by atoms with Gasteiger partial charge in [-0.2, -0.15) is 0 Å². The molecule has 0 saturated heterocycles. The molecule has 0 heterocycles. The Labute approximate surface area is 92.4 Å². The summed E-state index contributed by atoms with van der Waals surface area (Å²) < 4.78 is 0. The number of nitrogens with zero attached hydrogens (tertiary/aromatic N) is 1. The van der Waals surface area contributed by atoms with Crippen LogP contribution in [0, 0.1) is 0 Å². The van der Waals surface area contributed by atoms with Crippen molar-refractivity contribution in [3.63, 3.8) is 0 Å². The van der Waals surface area contributed by atoms with Gasteiger partial charge in [-0.05, 0) is 30.5 Å². The molecule has 1 aromatic rings. The van der Waals surface area contributed by atoms with Crippen molar-refractivity contribution >= 4 is 5.69 Å². The van der Waals surface area contributed by atoms with E-state index in [9.17, 15) is 0 Å². The minimum atomic E-state index is 0.114. The molecule has 0 bridgehead atoms. The Kier molecular flexibility index (Phi) is 4.37. The van der Waals surface area contributed by atoms with E-state index >= 15 is 0 Å². The minimum Gasteiger partial charge on any atom is -0.378 e. The summed E-state index contributed by atoms with van der Waals surface area (Å²) in [6.07, 6.45) is 3.84. The highest BCUT2D eigenvalue weighted by Crippen LogP contribution is 2.20. The summed E-state index contributed by atoms with van der Waals surface area (Å²) in [5, 5.41) is 0. The molecule has 1 unspecified atom stereocenters. The molecule has 82 valence electrons. The minimum absolute atomic E-state index is 0.114. The van der Waals surface area contributed by atoms with Crippen molar-refractivity contribution < 1.29 is 0 Å². The van der Waals surface area contributed by atoms with E-state index in [4.69, 9.17) is 5.73 Å². The van der Waals surface area contributed by atoms with Crippen molar-refractivity contribution in [1.29, 1.82) is 0 Å². The van der Waals surface area contributed by atoms with E-state index in [1.54, 1.807) is 0 Å². The van der Waals surface area contributed by atoms with Gasteiger partial charge < -0.3 is 10.6 Å². The van der Waals surface area contributed by atoms with E-state index in [1.807, 2.05) is 20.2 Å². The number of benzene rings is 1. The number of anilines is 1. The van der Waals surface area contributed by atoms with Crippen LogP contribution < -0.4 is 10.6 Å². The molecule has 0 radical (unpaired) electrons. The van der Waals surface area contributed by atoms with Crippen molar-refractivity contribution in [1.82, 2.24) is 0 Å². The molecule has 2 nitrogen and oxygen atoms in total. The summed E-state index contributed by atoms with van der Waals surface area (Å²) in [6, 6.07) is 8.49. The molecule has 1 aromatic carbocycles. The Hall–Kier alpha value is -1.28. The molecular weight excluding hydrogens is 184 g/mol. The Morgan fingerprint density at radius 1 is 1.47 bits per heavy atom. The van der Waals surface area contributed by atoms with Gasteiger partial charge in [0.15, 0.2) is 0 Å². The van der Waals surface area contributed by atoms with Crippen LogP contribution in [0.3, 0.4) is 0 Å². The Balaban J connectivity index is 2.75. The van der Waals surface area contributed by atoms with Crippen LogP contribution in [0.5, 0.6) is 0 Å². The molecular formula is C13H20N2. The van der Waals surface area contributed by atoms with Gasteiger partial charge in [0.05, 0.1) is 0 Å². The number of nitrogens with two attached hydrogens (primary N) is 1. The lowest BCUT2D eigenvalue weighted by atomic mass is 10.0. The topological polar surface area (TPSA) is 29.3 Å². The van der Waals surface area contributed by atoms with Crippen molar-refractivity contribution in [2.75, 3.05) is 19.0 Å². The molecule has 2 heteroatoms. The number of hydrogen-bond acceptors (Lipinski definition) is 2. The summed E-state index contributed by atoms with van der Waals surface area (Å²) in [5.74, 6) is 0. The lowest BCUT2D eigenvalue weighted by molar-refractivity contribution is 0.661. The van der Waals surface area contributed by atoms with Crippen molar-refractivity contribution in [2.24, 2.45) is 5.73 Å². The third-order valence-electron chi connectivity index (χ3n) is 2.50. The quantitative estimate of drug-likeness (QED) is 0.747. The predicted octanol–water partition coefficient (Wildman–Crippen LogP) is 2.72. The van der Waals surface area contributed by atoms with E-state index < -0.39 is 0 Å². The summed E-state index contributed by atoms with van der Waals surface area (Å²) in [6.45, 7) is 3.71. The molecule has 15 heavy (non-hydrogen) atoms. The second kappa shape index (κ2) is 5.56. The summed E-state index contributed by atoms with van der Waals surface area (Å²) in [5.41, 5.74) is 8.48. The molecule has 0 aliphatic heterocycles. The SMILES string of the molecule is C=CCCC(N)c1cccc(N(C)C)c1. The van der Waals surface area contributed by atoms with E-state index in [0.29, 0.717) is 0 Å². The molecule has 0 amide bonds. The van der Waals surface area contributed by atoms with Crippen molar-refractivity contribution in [2.45, 2.75) is 18.9 Å². The lowest BCUT2D eigenvalue weighted by Crippen LogP contribution is -2.12. The Morgan fingerprint density at radius 2 is 2.20 bits per heavy atom. The van der Waals surface area contributed by atoms with E-state index in [0.717, 1.165) is 12.8 Å². The summed E-state index contributed by atoms with van der Waals surface area (Å²) >= 11 is 0. The number of rotatable bonds is 5. The third-order valence-corrected chi connectivity index (χ3v) is 2.50. The smallest absolute Gasteiger partial charge is 0.0364 e. The lowest BCUT2D eigenvalue weighted by Gasteiger charge is -2.16. The van der Waals surface area contributed by atoms with E-state index in [1.165, 1.54) is 11.3 Å². The molecule has 0 aliphatic carbocycles. The molecule has 1 atom stereocenters. The van der Waals surface area contributed by atoms with Gasteiger partial charge in [0, 0.05) is 25.8 Å². The molecule has 1 rings (SSSR count). The fourth-order valence-electron chi connectivity index (χ4n) is 1.50. The molecule has 0 spiro atoms. The molecule has 0 saturated carbocycles. The van der Waals surface area contributed by atoms with Gasteiger partial charge in [-0.15, -0.1) is 6.58 Å². The maximum absolute atomic E-state index is 6.08. The van der Waals surface area contributed by atoms with Gasteiger partial charge >= 0.3 is 0 Å².